The summed E-state index contributed by atoms with van der Waals surface area (Å²) in [4.78, 5) is 15.9. The van der Waals surface area contributed by atoms with Crippen LogP contribution >= 0.6 is 0 Å². The molecule has 1 unspecified atom stereocenters. The highest BCUT2D eigenvalue weighted by Crippen LogP contribution is 2.16. The Bertz CT molecular complexity index is 298. The molecule has 0 bridgehead atoms. The first kappa shape index (κ1) is 15.0. The van der Waals surface area contributed by atoms with Gasteiger partial charge in [-0.15, -0.1) is 0 Å². The maximum Gasteiger partial charge on any atom is 0.223 e. The van der Waals surface area contributed by atoms with Gasteiger partial charge in [-0.05, 0) is 38.3 Å². The van der Waals surface area contributed by atoms with Gasteiger partial charge in [0.2, 0.25) is 5.91 Å². The molecule has 0 aromatic carbocycles. The van der Waals surface area contributed by atoms with Crippen molar-refractivity contribution >= 4 is 5.91 Å². The number of nitrogens with zero attached hydrogens (tertiary/aromatic N) is 3. The zero-order chi connectivity index (χ0) is 13.4. The number of hydrogen-bond donors (Lipinski definition) is 0. The summed E-state index contributed by atoms with van der Waals surface area (Å²) in [7, 11) is 1.78. The lowest BCUT2D eigenvalue weighted by Gasteiger charge is -2.21. The second-order valence-electron chi connectivity index (χ2n) is 5.35. The Kier molecular flexibility index (Phi) is 6.74. The van der Waals surface area contributed by atoms with Crippen LogP contribution in [0.25, 0.3) is 0 Å². The number of amides is 1. The Hall–Kier alpha value is -1.08. The summed E-state index contributed by atoms with van der Waals surface area (Å²) in [6, 6.07) is 2.07. The van der Waals surface area contributed by atoms with Crippen molar-refractivity contribution in [2.24, 2.45) is 5.92 Å². The van der Waals surface area contributed by atoms with Gasteiger partial charge in [0.1, 0.15) is 0 Å². The molecule has 1 rings (SSSR count). The second-order valence-corrected chi connectivity index (χ2v) is 5.35. The Balaban J connectivity index is 2.23. The minimum absolute atomic E-state index is 0.155. The first-order chi connectivity index (χ1) is 8.63. The summed E-state index contributed by atoms with van der Waals surface area (Å²) in [5.74, 6) is 0.978. The van der Waals surface area contributed by atoms with E-state index in [1.165, 1.54) is 19.3 Å². The fraction of sp³-hybridized carbons (Fsp3) is 0.857. The molecule has 4 heteroatoms. The summed E-state index contributed by atoms with van der Waals surface area (Å²) in [6.45, 7) is 5.97. The average molecular weight is 251 g/mol. The van der Waals surface area contributed by atoms with Gasteiger partial charge in [0.25, 0.3) is 0 Å². The molecule has 0 aromatic rings. The third-order valence-electron chi connectivity index (χ3n) is 3.74. The number of hydrogen-bond acceptors (Lipinski definition) is 3. The van der Waals surface area contributed by atoms with Crippen molar-refractivity contribution in [1.29, 1.82) is 5.26 Å². The molecule has 0 N–H and O–H groups in total. The minimum atomic E-state index is 0.155. The topological polar surface area (TPSA) is 47.3 Å². The van der Waals surface area contributed by atoms with Crippen LogP contribution in [0.5, 0.6) is 0 Å². The zero-order valence-corrected chi connectivity index (χ0v) is 11.7. The van der Waals surface area contributed by atoms with Crippen molar-refractivity contribution in [3.8, 4) is 6.07 Å². The number of nitriles is 1. The molecule has 0 radical (unpaired) electrons. The number of rotatable bonds is 5. The van der Waals surface area contributed by atoms with Crippen LogP contribution in [-0.2, 0) is 4.79 Å². The monoisotopic (exact) mass is 251 g/mol. The second kappa shape index (κ2) is 8.10. The molecule has 4 nitrogen and oxygen atoms in total. The molecule has 1 saturated heterocycles. The van der Waals surface area contributed by atoms with Gasteiger partial charge in [-0.1, -0.05) is 6.92 Å². The van der Waals surface area contributed by atoms with Gasteiger partial charge in [0.15, 0.2) is 0 Å². The summed E-state index contributed by atoms with van der Waals surface area (Å²) < 4.78 is 0. The summed E-state index contributed by atoms with van der Waals surface area (Å²) in [5.41, 5.74) is 0. The number of carbonyl (C=O) groups excluding carboxylic acids is 1. The molecule has 0 aromatic heterocycles. The quantitative estimate of drug-likeness (QED) is 0.749. The molecule has 0 spiro atoms. The van der Waals surface area contributed by atoms with Gasteiger partial charge in [0, 0.05) is 26.6 Å². The van der Waals surface area contributed by atoms with Crippen molar-refractivity contribution in [1.82, 2.24) is 9.80 Å². The molecule has 1 fully saturated rings. The molecular formula is C14H25N3O. The van der Waals surface area contributed by atoms with Gasteiger partial charge in [-0.2, -0.15) is 5.26 Å². The zero-order valence-electron chi connectivity index (χ0n) is 11.7. The lowest BCUT2D eigenvalue weighted by molar-refractivity contribution is -0.130. The molecule has 1 aliphatic rings. The van der Waals surface area contributed by atoms with Gasteiger partial charge in [0.05, 0.1) is 12.5 Å². The van der Waals surface area contributed by atoms with E-state index in [0.29, 0.717) is 19.4 Å². The summed E-state index contributed by atoms with van der Waals surface area (Å²) in [5, 5.41) is 8.49. The van der Waals surface area contributed by atoms with Crippen LogP contribution in [0.2, 0.25) is 0 Å². The maximum atomic E-state index is 11.8. The SMILES string of the molecule is CC1CCCN(CCC(=O)N(C)CCC#N)CC1. The standard InChI is InChI=1S/C14H25N3O/c1-13-5-3-10-17(11-6-13)12-7-14(18)16(2)9-4-8-15/h13H,3-7,9-12H2,1-2H3. The Labute approximate surface area is 111 Å². The summed E-state index contributed by atoms with van der Waals surface area (Å²) in [6.07, 6.45) is 4.81. The predicted octanol–water partition coefficient (Wildman–Crippen LogP) is 1.87. The van der Waals surface area contributed by atoms with Crippen molar-refractivity contribution < 1.29 is 4.79 Å². The molecule has 18 heavy (non-hydrogen) atoms. The minimum Gasteiger partial charge on any atom is -0.345 e. The van der Waals surface area contributed by atoms with Crippen LogP contribution in [-0.4, -0.2) is 48.9 Å². The van der Waals surface area contributed by atoms with Crippen molar-refractivity contribution in [3.63, 3.8) is 0 Å². The average Bonchev–Trinajstić information content (AvgIpc) is 2.57. The lowest BCUT2D eigenvalue weighted by atomic mass is 10.0. The van der Waals surface area contributed by atoms with Gasteiger partial charge >= 0.3 is 0 Å². The molecule has 0 saturated carbocycles. The van der Waals surface area contributed by atoms with E-state index in [9.17, 15) is 4.79 Å². The van der Waals surface area contributed by atoms with E-state index in [0.717, 1.165) is 25.6 Å². The smallest absolute Gasteiger partial charge is 0.223 e. The van der Waals surface area contributed by atoms with Crippen LogP contribution in [0.1, 0.15) is 39.0 Å². The normalized spacial score (nSPS) is 21.1. The molecular weight excluding hydrogens is 226 g/mol. The first-order valence-corrected chi connectivity index (χ1v) is 6.96. The van der Waals surface area contributed by atoms with E-state index >= 15 is 0 Å². The largest absolute Gasteiger partial charge is 0.345 e. The van der Waals surface area contributed by atoms with Crippen molar-refractivity contribution in [2.75, 3.05) is 33.2 Å². The van der Waals surface area contributed by atoms with E-state index in [-0.39, 0.29) is 5.91 Å². The fourth-order valence-corrected chi connectivity index (χ4v) is 2.33. The van der Waals surface area contributed by atoms with Gasteiger partial charge < -0.3 is 9.80 Å². The third-order valence-corrected chi connectivity index (χ3v) is 3.74. The molecule has 1 atom stereocenters. The molecule has 1 amide bonds. The Morgan fingerprint density at radius 1 is 1.44 bits per heavy atom. The van der Waals surface area contributed by atoms with E-state index in [4.69, 9.17) is 5.26 Å². The predicted molar refractivity (Wildman–Crippen MR) is 71.9 cm³/mol. The van der Waals surface area contributed by atoms with Crippen LogP contribution in [0, 0.1) is 17.2 Å². The molecule has 0 aliphatic carbocycles. The Morgan fingerprint density at radius 2 is 2.22 bits per heavy atom. The maximum absolute atomic E-state index is 11.8. The highest BCUT2D eigenvalue weighted by molar-refractivity contribution is 5.76. The van der Waals surface area contributed by atoms with Gasteiger partial charge in [-0.25, -0.2) is 0 Å². The fourth-order valence-electron chi connectivity index (χ4n) is 2.33. The van der Waals surface area contributed by atoms with Crippen LogP contribution in [0.3, 0.4) is 0 Å². The molecule has 102 valence electrons. The third kappa shape index (κ3) is 5.50. The first-order valence-electron chi connectivity index (χ1n) is 6.96. The highest BCUT2D eigenvalue weighted by Gasteiger charge is 2.15. The van der Waals surface area contributed by atoms with Gasteiger partial charge in [-0.3, -0.25) is 4.79 Å². The lowest BCUT2D eigenvalue weighted by Crippen LogP contribution is -2.33. The molecule has 1 heterocycles. The molecule has 1 aliphatic heterocycles. The van der Waals surface area contributed by atoms with E-state index in [2.05, 4.69) is 17.9 Å². The highest BCUT2D eigenvalue weighted by atomic mass is 16.2. The Morgan fingerprint density at radius 3 is 2.94 bits per heavy atom. The number of likely N-dealkylation sites (tertiary alicyclic amines) is 1. The summed E-state index contributed by atoms with van der Waals surface area (Å²) >= 11 is 0. The van der Waals surface area contributed by atoms with E-state index < -0.39 is 0 Å². The van der Waals surface area contributed by atoms with Crippen LogP contribution in [0.15, 0.2) is 0 Å². The van der Waals surface area contributed by atoms with Crippen molar-refractivity contribution in [2.45, 2.75) is 39.0 Å². The van der Waals surface area contributed by atoms with Crippen molar-refractivity contribution in [3.05, 3.63) is 0 Å². The number of carbonyl (C=O) groups is 1. The van der Waals surface area contributed by atoms with Crippen LogP contribution in [0.4, 0.5) is 0 Å². The van der Waals surface area contributed by atoms with Crippen LogP contribution < -0.4 is 0 Å². The van der Waals surface area contributed by atoms with E-state index in [1.54, 1.807) is 11.9 Å². The van der Waals surface area contributed by atoms with E-state index in [1.807, 2.05) is 0 Å².